The summed E-state index contributed by atoms with van der Waals surface area (Å²) in [5, 5.41) is 9.57. The number of carbonyl (C=O) groups is 1. The molecule has 0 aliphatic heterocycles. The molecule has 0 amide bonds. The van der Waals surface area contributed by atoms with Gasteiger partial charge in [0.15, 0.2) is 0 Å². The van der Waals surface area contributed by atoms with Crippen LogP contribution in [0, 0.1) is 0 Å². The van der Waals surface area contributed by atoms with Crippen molar-refractivity contribution < 1.29 is 18.3 Å². The molecule has 2 aromatic rings. The third kappa shape index (κ3) is 4.87. The Morgan fingerprint density at radius 1 is 1.21 bits per heavy atom. The van der Waals surface area contributed by atoms with Crippen LogP contribution in [0.5, 0.6) is 0 Å². The fourth-order valence-corrected chi connectivity index (χ4v) is 4.65. The van der Waals surface area contributed by atoms with E-state index in [2.05, 4.69) is 16.6 Å². The average molecular weight is 418 g/mol. The molecule has 2 N–H and O–H groups in total. The number of aromatic nitrogens is 1. The Labute approximate surface area is 171 Å². The second-order valence-electron chi connectivity index (χ2n) is 7.42. The number of benzene rings is 1. The van der Waals surface area contributed by atoms with Gasteiger partial charge in [-0.3, -0.25) is 4.72 Å². The number of aromatic carboxylic acids is 1. The van der Waals surface area contributed by atoms with Crippen LogP contribution in [0.1, 0.15) is 54.1 Å². The summed E-state index contributed by atoms with van der Waals surface area (Å²) in [7, 11) is -2.05. The summed E-state index contributed by atoms with van der Waals surface area (Å²) in [5.74, 6) is -0.826. The van der Waals surface area contributed by atoms with E-state index in [0.29, 0.717) is 12.4 Å². The predicted octanol–water partition coefficient (Wildman–Crippen LogP) is 3.70. The molecule has 0 radical (unpaired) electrons. The molecule has 1 aromatic carbocycles. The number of rotatable bonds is 8. The molecule has 1 aromatic heterocycles. The van der Waals surface area contributed by atoms with Gasteiger partial charge in [-0.25, -0.2) is 18.2 Å². The van der Waals surface area contributed by atoms with E-state index in [9.17, 15) is 18.3 Å². The third-order valence-electron chi connectivity index (χ3n) is 5.19. The van der Waals surface area contributed by atoms with E-state index in [1.54, 1.807) is 24.1 Å². The highest BCUT2D eigenvalue weighted by Gasteiger charge is 2.21. The Morgan fingerprint density at radius 3 is 2.62 bits per heavy atom. The molecule has 156 valence electrons. The topological polar surface area (TPSA) is 99.6 Å². The number of aryl methyl sites for hydroxylation is 2. The standard InChI is InChI=1S/C21H27N3O4S/c1-3-4-11-24(2)20-19(21(25)26)13-17(14-22-20)23-29(27,28)18-10-9-15-7-5-6-8-16(15)12-18/h9-10,12-14,23H,3-8,11H2,1-2H3,(H,25,26). The Balaban J connectivity index is 1.87. The Kier molecular flexibility index (Phi) is 6.42. The van der Waals surface area contributed by atoms with Crippen molar-refractivity contribution in [2.75, 3.05) is 23.2 Å². The molecule has 0 saturated heterocycles. The molecule has 0 atom stereocenters. The number of hydrogen-bond donors (Lipinski definition) is 2. The fraction of sp³-hybridized carbons (Fsp3) is 0.429. The monoisotopic (exact) mass is 417 g/mol. The summed E-state index contributed by atoms with van der Waals surface area (Å²) in [4.78, 5) is 17.9. The SMILES string of the molecule is CCCCN(C)c1ncc(NS(=O)(=O)c2ccc3c(c2)CCCC3)cc1C(=O)O. The summed E-state index contributed by atoms with van der Waals surface area (Å²) in [6, 6.07) is 6.51. The molecule has 1 heterocycles. The molecule has 0 fully saturated rings. The van der Waals surface area contributed by atoms with Crippen LogP contribution < -0.4 is 9.62 Å². The number of carboxylic acids is 1. The Morgan fingerprint density at radius 2 is 1.93 bits per heavy atom. The first-order valence-electron chi connectivity index (χ1n) is 9.91. The fourth-order valence-electron chi connectivity index (χ4n) is 3.57. The predicted molar refractivity (Wildman–Crippen MR) is 113 cm³/mol. The number of carboxylic acid groups (broad SMARTS) is 1. The molecule has 1 aliphatic rings. The number of nitrogens with zero attached hydrogens (tertiary/aromatic N) is 2. The summed E-state index contributed by atoms with van der Waals surface area (Å²) >= 11 is 0. The number of hydrogen-bond acceptors (Lipinski definition) is 5. The van der Waals surface area contributed by atoms with Crippen molar-refractivity contribution in [3.63, 3.8) is 0 Å². The highest BCUT2D eigenvalue weighted by atomic mass is 32.2. The maximum absolute atomic E-state index is 12.8. The van der Waals surface area contributed by atoms with Crippen LogP contribution in [0.2, 0.25) is 0 Å². The minimum atomic E-state index is -3.83. The van der Waals surface area contributed by atoms with Crippen LogP contribution in [-0.4, -0.2) is 38.1 Å². The zero-order valence-electron chi connectivity index (χ0n) is 16.8. The van der Waals surface area contributed by atoms with Crippen molar-refractivity contribution in [3.05, 3.63) is 47.2 Å². The molecule has 8 heteroatoms. The van der Waals surface area contributed by atoms with E-state index in [4.69, 9.17) is 0 Å². The highest BCUT2D eigenvalue weighted by Crippen LogP contribution is 2.26. The van der Waals surface area contributed by atoms with Gasteiger partial charge in [-0.1, -0.05) is 19.4 Å². The molecule has 29 heavy (non-hydrogen) atoms. The van der Waals surface area contributed by atoms with Gasteiger partial charge < -0.3 is 10.0 Å². The van der Waals surface area contributed by atoms with Crippen LogP contribution in [0.4, 0.5) is 11.5 Å². The summed E-state index contributed by atoms with van der Waals surface area (Å²) < 4.78 is 28.1. The largest absolute Gasteiger partial charge is 0.478 e. The van der Waals surface area contributed by atoms with Gasteiger partial charge in [0.1, 0.15) is 11.4 Å². The summed E-state index contributed by atoms with van der Waals surface area (Å²) in [5.41, 5.74) is 2.36. The first-order valence-corrected chi connectivity index (χ1v) is 11.4. The highest BCUT2D eigenvalue weighted by molar-refractivity contribution is 7.92. The van der Waals surface area contributed by atoms with Crippen molar-refractivity contribution in [2.24, 2.45) is 0 Å². The van der Waals surface area contributed by atoms with Crippen LogP contribution in [0.15, 0.2) is 35.4 Å². The first-order chi connectivity index (χ1) is 13.8. The number of unbranched alkanes of at least 4 members (excludes halogenated alkanes) is 1. The van der Waals surface area contributed by atoms with Gasteiger partial charge in [-0.15, -0.1) is 0 Å². The second-order valence-corrected chi connectivity index (χ2v) is 9.10. The number of anilines is 2. The van der Waals surface area contributed by atoms with Gasteiger partial charge in [0, 0.05) is 13.6 Å². The second kappa shape index (κ2) is 8.82. The van der Waals surface area contributed by atoms with E-state index >= 15 is 0 Å². The van der Waals surface area contributed by atoms with Crippen molar-refractivity contribution in [1.29, 1.82) is 0 Å². The lowest BCUT2D eigenvalue weighted by Crippen LogP contribution is -2.23. The zero-order valence-corrected chi connectivity index (χ0v) is 17.6. The summed E-state index contributed by atoms with van der Waals surface area (Å²) in [6.07, 6.45) is 7.28. The Hall–Kier alpha value is -2.61. The van der Waals surface area contributed by atoms with E-state index in [-0.39, 0.29) is 16.1 Å². The number of pyridine rings is 1. The summed E-state index contributed by atoms with van der Waals surface area (Å²) in [6.45, 7) is 2.72. The molecule has 0 saturated carbocycles. The van der Waals surface area contributed by atoms with Crippen molar-refractivity contribution in [2.45, 2.75) is 50.3 Å². The van der Waals surface area contributed by atoms with Crippen LogP contribution in [0.25, 0.3) is 0 Å². The van der Waals surface area contributed by atoms with E-state index in [0.717, 1.165) is 44.1 Å². The van der Waals surface area contributed by atoms with Gasteiger partial charge in [0.2, 0.25) is 0 Å². The van der Waals surface area contributed by atoms with Gasteiger partial charge in [-0.2, -0.15) is 0 Å². The van der Waals surface area contributed by atoms with E-state index in [1.165, 1.54) is 17.8 Å². The molecule has 0 unspecified atom stereocenters. The van der Waals surface area contributed by atoms with Crippen molar-refractivity contribution in [1.82, 2.24) is 4.98 Å². The van der Waals surface area contributed by atoms with Gasteiger partial charge in [0.05, 0.1) is 16.8 Å². The maximum Gasteiger partial charge on any atom is 0.339 e. The molecule has 0 spiro atoms. The number of nitrogens with one attached hydrogen (secondary N) is 1. The van der Waals surface area contributed by atoms with E-state index < -0.39 is 16.0 Å². The van der Waals surface area contributed by atoms with Crippen LogP contribution in [-0.2, 0) is 22.9 Å². The lowest BCUT2D eigenvalue weighted by atomic mass is 9.92. The number of sulfonamides is 1. The quantitative estimate of drug-likeness (QED) is 0.679. The molecular weight excluding hydrogens is 390 g/mol. The first kappa shape index (κ1) is 21.1. The normalized spacial score (nSPS) is 13.6. The zero-order chi connectivity index (χ0) is 21.0. The minimum absolute atomic E-state index is 0.0331. The molecule has 7 nitrogen and oxygen atoms in total. The van der Waals surface area contributed by atoms with E-state index in [1.807, 2.05) is 6.07 Å². The average Bonchev–Trinajstić information content (AvgIpc) is 2.71. The third-order valence-corrected chi connectivity index (χ3v) is 6.57. The lowest BCUT2D eigenvalue weighted by Gasteiger charge is -2.20. The smallest absolute Gasteiger partial charge is 0.339 e. The molecule has 1 aliphatic carbocycles. The molecular formula is C21H27N3O4S. The molecule has 3 rings (SSSR count). The van der Waals surface area contributed by atoms with Crippen LogP contribution >= 0.6 is 0 Å². The van der Waals surface area contributed by atoms with Crippen molar-refractivity contribution >= 4 is 27.5 Å². The van der Waals surface area contributed by atoms with Gasteiger partial charge in [-0.05, 0) is 61.4 Å². The lowest BCUT2D eigenvalue weighted by molar-refractivity contribution is 0.0697. The minimum Gasteiger partial charge on any atom is -0.478 e. The Bertz CT molecular complexity index is 1000. The van der Waals surface area contributed by atoms with Gasteiger partial charge in [0.25, 0.3) is 10.0 Å². The number of fused-ring (bicyclic) bond motifs is 1. The molecule has 0 bridgehead atoms. The van der Waals surface area contributed by atoms with Crippen LogP contribution in [0.3, 0.4) is 0 Å². The maximum atomic E-state index is 12.8. The van der Waals surface area contributed by atoms with Crippen molar-refractivity contribution in [3.8, 4) is 0 Å². The van der Waals surface area contributed by atoms with Gasteiger partial charge >= 0.3 is 5.97 Å².